The van der Waals surface area contributed by atoms with E-state index >= 15 is 0 Å². The molecule has 7 N–H and O–H groups in total. The van der Waals surface area contributed by atoms with Crippen molar-refractivity contribution >= 4 is 11.9 Å². The number of methoxy groups -OCH3 is 2. The Labute approximate surface area is 236 Å². The summed E-state index contributed by atoms with van der Waals surface area (Å²) >= 11 is 0. The molecule has 15 nitrogen and oxygen atoms in total. The van der Waals surface area contributed by atoms with E-state index in [0.29, 0.717) is 19.3 Å². The summed E-state index contributed by atoms with van der Waals surface area (Å²) in [6.45, 7) is -0.603. The van der Waals surface area contributed by atoms with Crippen LogP contribution in [0.15, 0.2) is 0 Å². The van der Waals surface area contributed by atoms with Gasteiger partial charge in [0.1, 0.15) is 43.5 Å². The minimum Gasteiger partial charge on any atom is -0.481 e. The van der Waals surface area contributed by atoms with Crippen LogP contribution in [0, 0.1) is 11.8 Å². The number of hydrogen-bond acceptors (Lipinski definition) is 14. The Bertz CT molecular complexity index is 875. The molecule has 0 amide bonds. The molecule has 2 saturated carbocycles. The number of aliphatic hydroxyl groups is 6. The lowest BCUT2D eigenvalue weighted by molar-refractivity contribution is -0.334. The predicted molar refractivity (Wildman–Crippen MR) is 133 cm³/mol. The summed E-state index contributed by atoms with van der Waals surface area (Å²) in [6, 6.07) is 0. The van der Waals surface area contributed by atoms with Crippen molar-refractivity contribution in [2.24, 2.45) is 11.8 Å². The van der Waals surface area contributed by atoms with Gasteiger partial charge in [-0.3, -0.25) is 9.59 Å². The number of carbonyl (C=O) groups excluding carboxylic acids is 1. The van der Waals surface area contributed by atoms with E-state index in [4.69, 9.17) is 33.5 Å². The third-order valence-corrected chi connectivity index (χ3v) is 8.78. The number of carboxylic acids is 1. The van der Waals surface area contributed by atoms with Crippen LogP contribution in [-0.4, -0.2) is 148 Å². The summed E-state index contributed by atoms with van der Waals surface area (Å²) in [5, 5.41) is 72.0. The van der Waals surface area contributed by atoms with E-state index in [-0.39, 0.29) is 18.8 Å². The van der Waals surface area contributed by atoms with Gasteiger partial charge >= 0.3 is 11.9 Å². The van der Waals surface area contributed by atoms with Gasteiger partial charge < -0.3 is 64.2 Å². The van der Waals surface area contributed by atoms with Gasteiger partial charge in [0.2, 0.25) is 0 Å². The highest BCUT2D eigenvalue weighted by molar-refractivity contribution is 5.90. The Morgan fingerprint density at radius 1 is 0.780 bits per heavy atom. The van der Waals surface area contributed by atoms with Crippen LogP contribution in [0.5, 0.6) is 0 Å². The zero-order valence-corrected chi connectivity index (χ0v) is 23.0. The maximum Gasteiger partial charge on any atom is 0.317 e. The molecule has 0 aromatic carbocycles. The summed E-state index contributed by atoms with van der Waals surface area (Å²) in [7, 11) is 2.95. The molecule has 4 rings (SSSR count). The number of carboxylic acid groups (broad SMARTS) is 1. The van der Waals surface area contributed by atoms with Crippen LogP contribution in [-0.2, 0) is 38.0 Å². The standard InChI is InChI=1S/C26H42O15/c1-36-15-3-10(4-16(37-2)21(15)32)25-17(7-12-13(28)5-11(27)6-14(12)39-25)40-26-24(35)23(34)22(33)18(41-26)9-38-20(31)8-19(29)30/h10-18,21-28,32-35H,3-9H2,1-2H3,(H,29,30)/t10?,11?,12?,13?,14?,15?,16?,17?,18-,21?,22-,23+,24-,25?,26-/m0/s1. The average molecular weight is 595 g/mol. The molecule has 15 heteroatoms. The first-order valence-electron chi connectivity index (χ1n) is 13.9. The van der Waals surface area contributed by atoms with E-state index in [2.05, 4.69) is 0 Å². The van der Waals surface area contributed by atoms with E-state index in [1.165, 1.54) is 14.2 Å². The van der Waals surface area contributed by atoms with Gasteiger partial charge in [-0.1, -0.05) is 0 Å². The second-order valence-electron chi connectivity index (χ2n) is 11.4. The van der Waals surface area contributed by atoms with Crippen molar-refractivity contribution in [1.82, 2.24) is 0 Å². The highest BCUT2D eigenvalue weighted by Gasteiger charge is 2.53. The van der Waals surface area contributed by atoms with Gasteiger partial charge in [-0.15, -0.1) is 0 Å². The molecule has 2 aliphatic carbocycles. The van der Waals surface area contributed by atoms with Crippen LogP contribution in [0.2, 0.25) is 0 Å². The van der Waals surface area contributed by atoms with Crippen LogP contribution in [0.25, 0.3) is 0 Å². The number of hydrogen-bond donors (Lipinski definition) is 7. The molecule has 2 saturated heterocycles. The number of carbonyl (C=O) groups is 2. The maximum absolute atomic E-state index is 11.7. The van der Waals surface area contributed by atoms with Crippen molar-refractivity contribution in [3.63, 3.8) is 0 Å². The normalized spacial score (nSPS) is 46.9. The molecule has 0 bridgehead atoms. The summed E-state index contributed by atoms with van der Waals surface area (Å²) in [4.78, 5) is 22.4. The highest BCUT2D eigenvalue weighted by Crippen LogP contribution is 2.44. The maximum atomic E-state index is 11.7. The van der Waals surface area contributed by atoms with Crippen LogP contribution in [0.1, 0.15) is 38.5 Å². The monoisotopic (exact) mass is 594 g/mol. The number of aliphatic carboxylic acids is 1. The molecule has 13 atom stereocenters. The topological polar surface area (TPSA) is 231 Å². The predicted octanol–water partition coefficient (Wildman–Crippen LogP) is -2.71. The fourth-order valence-electron chi connectivity index (χ4n) is 6.58. The van der Waals surface area contributed by atoms with Gasteiger partial charge in [-0.25, -0.2) is 0 Å². The molecule has 0 radical (unpaired) electrons. The molecule has 2 heterocycles. The zero-order valence-electron chi connectivity index (χ0n) is 23.0. The van der Waals surface area contributed by atoms with Crippen molar-refractivity contribution in [1.29, 1.82) is 0 Å². The zero-order chi connectivity index (χ0) is 30.0. The first-order valence-corrected chi connectivity index (χ1v) is 13.9. The number of rotatable bonds is 9. The lowest BCUT2D eigenvalue weighted by atomic mass is 9.72. The lowest BCUT2D eigenvalue weighted by Crippen LogP contribution is -2.62. The van der Waals surface area contributed by atoms with Gasteiger partial charge in [0.15, 0.2) is 6.29 Å². The molecular formula is C26H42O15. The second kappa shape index (κ2) is 13.9. The van der Waals surface area contributed by atoms with Gasteiger partial charge in [0.05, 0.1) is 42.7 Å². The Kier molecular flexibility index (Phi) is 11.0. The molecule has 4 aliphatic rings. The van der Waals surface area contributed by atoms with Gasteiger partial charge in [0, 0.05) is 20.1 Å². The number of esters is 1. The summed E-state index contributed by atoms with van der Waals surface area (Å²) in [5.41, 5.74) is 0. The molecule has 4 fully saturated rings. The minimum absolute atomic E-state index is 0.159. The van der Waals surface area contributed by atoms with Crippen molar-refractivity contribution in [2.75, 3.05) is 20.8 Å². The third kappa shape index (κ3) is 7.36. The van der Waals surface area contributed by atoms with Crippen molar-refractivity contribution in [3.05, 3.63) is 0 Å². The Morgan fingerprint density at radius 3 is 2.05 bits per heavy atom. The van der Waals surface area contributed by atoms with Crippen LogP contribution in [0.4, 0.5) is 0 Å². The molecule has 0 aromatic heterocycles. The fourth-order valence-corrected chi connectivity index (χ4v) is 6.58. The lowest BCUT2D eigenvalue weighted by Gasteiger charge is -2.51. The Morgan fingerprint density at radius 2 is 1.44 bits per heavy atom. The second-order valence-corrected chi connectivity index (χ2v) is 11.4. The van der Waals surface area contributed by atoms with E-state index in [9.17, 15) is 40.2 Å². The molecule has 0 spiro atoms. The first kappa shape index (κ1) is 32.4. The SMILES string of the molecule is COC1CC(C2OC3CC(O)CC(O)C3CC2O[C@H]2O[C@@H](COC(=O)CC(=O)O)[C@H](O)[C@@H](O)[C@@H]2O)CC(OC)C1O. The van der Waals surface area contributed by atoms with Crippen molar-refractivity contribution in [3.8, 4) is 0 Å². The van der Waals surface area contributed by atoms with Crippen LogP contribution >= 0.6 is 0 Å². The summed E-state index contributed by atoms with van der Waals surface area (Å²) < 4.78 is 34.2. The third-order valence-electron chi connectivity index (χ3n) is 8.78. The largest absolute Gasteiger partial charge is 0.481 e. The number of fused-ring (bicyclic) bond motifs is 1. The highest BCUT2D eigenvalue weighted by atomic mass is 16.7. The van der Waals surface area contributed by atoms with E-state index in [1.54, 1.807) is 0 Å². The molecule has 236 valence electrons. The van der Waals surface area contributed by atoms with Crippen LogP contribution < -0.4 is 0 Å². The van der Waals surface area contributed by atoms with E-state index in [0.717, 1.165) is 0 Å². The van der Waals surface area contributed by atoms with Crippen molar-refractivity contribution in [2.45, 2.75) is 118 Å². The van der Waals surface area contributed by atoms with E-state index in [1.807, 2.05) is 0 Å². The quantitative estimate of drug-likeness (QED) is 0.106. The molecule has 2 aliphatic heterocycles. The average Bonchev–Trinajstić information content (AvgIpc) is 2.92. The molecule has 41 heavy (non-hydrogen) atoms. The smallest absolute Gasteiger partial charge is 0.317 e. The number of aliphatic hydroxyl groups excluding tert-OH is 6. The summed E-state index contributed by atoms with van der Waals surface area (Å²) in [6.07, 6.45) is -13.0. The number of ether oxygens (including phenoxy) is 6. The Balaban J connectivity index is 1.54. The van der Waals surface area contributed by atoms with Crippen LogP contribution in [0.3, 0.4) is 0 Å². The fraction of sp³-hybridized carbons (Fsp3) is 0.923. The van der Waals surface area contributed by atoms with Crippen molar-refractivity contribution < 1.29 is 73.8 Å². The van der Waals surface area contributed by atoms with Gasteiger partial charge in [-0.2, -0.15) is 0 Å². The van der Waals surface area contributed by atoms with Gasteiger partial charge in [0.25, 0.3) is 0 Å². The Hall–Kier alpha value is -1.50. The molecule has 8 unspecified atom stereocenters. The molecule has 0 aromatic rings. The summed E-state index contributed by atoms with van der Waals surface area (Å²) in [5.74, 6) is -3.17. The molecular weight excluding hydrogens is 552 g/mol. The van der Waals surface area contributed by atoms with E-state index < -0.39 is 110 Å². The first-order chi connectivity index (χ1) is 19.4. The minimum atomic E-state index is -1.75. The van der Waals surface area contributed by atoms with Gasteiger partial charge in [-0.05, 0) is 38.0 Å².